The molecule has 0 radical (unpaired) electrons. The molecule has 3 rings (SSSR count). The molecule has 1 unspecified atom stereocenters. The summed E-state index contributed by atoms with van der Waals surface area (Å²) in [5.74, 6) is -0.691. The summed E-state index contributed by atoms with van der Waals surface area (Å²) in [7, 11) is -2.32. The summed E-state index contributed by atoms with van der Waals surface area (Å²) < 4.78 is 27.3. The number of nitrogens with zero attached hydrogens (tertiary/aromatic N) is 2. The Kier molecular flexibility index (Phi) is 7.03. The van der Waals surface area contributed by atoms with E-state index in [9.17, 15) is 18.0 Å². The Balaban J connectivity index is 2.03. The van der Waals surface area contributed by atoms with E-state index in [1.165, 1.54) is 34.5 Å². The summed E-state index contributed by atoms with van der Waals surface area (Å²) in [5.41, 5.74) is 2.14. The standard InChI is InChI=1S/C22H26ClN3O4S/c1-4-25(5-2)31(29,30)20-13-16(10-11-18(20)23)22(28)26-14-17-9-7-6-8-15(17)12-19(26)21(27)24-3/h6-11,13,19H,4-5,12,14H2,1-3H3,(H,24,27). The highest BCUT2D eigenvalue weighted by molar-refractivity contribution is 7.89. The predicted octanol–water partition coefficient (Wildman–Crippen LogP) is 2.68. The number of hydrogen-bond acceptors (Lipinski definition) is 4. The summed E-state index contributed by atoms with van der Waals surface area (Å²) in [5, 5.41) is 2.67. The molecular formula is C22H26ClN3O4S. The topological polar surface area (TPSA) is 86.8 Å². The van der Waals surface area contributed by atoms with E-state index in [0.29, 0.717) is 6.42 Å². The van der Waals surface area contributed by atoms with Crippen molar-refractivity contribution in [3.8, 4) is 0 Å². The van der Waals surface area contributed by atoms with Crippen molar-refractivity contribution in [2.45, 2.75) is 37.8 Å². The zero-order chi connectivity index (χ0) is 22.8. The number of rotatable bonds is 6. The average molecular weight is 464 g/mol. The van der Waals surface area contributed by atoms with Crippen LogP contribution in [0.3, 0.4) is 0 Å². The Bertz CT molecular complexity index is 1100. The number of hydrogen-bond donors (Lipinski definition) is 1. The van der Waals surface area contributed by atoms with Crippen LogP contribution in [-0.2, 0) is 27.8 Å². The molecule has 1 heterocycles. The van der Waals surface area contributed by atoms with Crippen molar-refractivity contribution in [1.82, 2.24) is 14.5 Å². The van der Waals surface area contributed by atoms with Crippen LogP contribution in [0, 0.1) is 0 Å². The summed E-state index contributed by atoms with van der Waals surface area (Å²) in [6.45, 7) is 4.31. The third-order valence-electron chi connectivity index (χ3n) is 5.56. The Morgan fingerprint density at radius 2 is 1.77 bits per heavy atom. The molecule has 0 saturated carbocycles. The number of halogens is 1. The lowest BCUT2D eigenvalue weighted by molar-refractivity contribution is -0.125. The molecule has 2 aromatic rings. The van der Waals surface area contributed by atoms with E-state index in [1.807, 2.05) is 24.3 Å². The Hall–Kier alpha value is -2.42. The fourth-order valence-electron chi connectivity index (χ4n) is 3.84. The minimum atomic E-state index is -3.85. The SMILES string of the molecule is CCN(CC)S(=O)(=O)c1cc(C(=O)N2Cc3ccccc3CC2C(=O)NC)ccc1Cl. The molecule has 0 saturated heterocycles. The molecule has 2 aromatic carbocycles. The molecule has 9 heteroatoms. The van der Waals surface area contributed by atoms with Gasteiger partial charge in [0.1, 0.15) is 10.9 Å². The van der Waals surface area contributed by atoms with Crippen LogP contribution in [0.2, 0.25) is 5.02 Å². The minimum absolute atomic E-state index is 0.0512. The zero-order valence-corrected chi connectivity index (χ0v) is 19.3. The molecule has 0 bridgehead atoms. The third kappa shape index (κ3) is 4.46. The van der Waals surface area contributed by atoms with Gasteiger partial charge in [-0.3, -0.25) is 9.59 Å². The van der Waals surface area contributed by atoms with Crippen LogP contribution in [0.5, 0.6) is 0 Å². The van der Waals surface area contributed by atoms with Gasteiger partial charge in [-0.2, -0.15) is 4.31 Å². The predicted molar refractivity (Wildman–Crippen MR) is 119 cm³/mol. The van der Waals surface area contributed by atoms with E-state index in [4.69, 9.17) is 11.6 Å². The molecule has 0 fully saturated rings. The van der Waals surface area contributed by atoms with Crippen molar-refractivity contribution in [3.63, 3.8) is 0 Å². The van der Waals surface area contributed by atoms with Gasteiger partial charge in [-0.1, -0.05) is 49.7 Å². The van der Waals surface area contributed by atoms with Gasteiger partial charge in [-0.05, 0) is 29.3 Å². The Morgan fingerprint density at radius 1 is 1.13 bits per heavy atom. The average Bonchev–Trinajstić information content (AvgIpc) is 2.78. The molecule has 1 atom stereocenters. The van der Waals surface area contributed by atoms with Crippen LogP contribution in [-0.4, -0.2) is 55.6 Å². The van der Waals surface area contributed by atoms with Gasteiger partial charge >= 0.3 is 0 Å². The molecule has 7 nitrogen and oxygen atoms in total. The first-order valence-electron chi connectivity index (χ1n) is 10.1. The maximum atomic E-state index is 13.4. The molecule has 0 aliphatic carbocycles. The summed E-state index contributed by atoms with van der Waals surface area (Å²) >= 11 is 6.20. The maximum absolute atomic E-state index is 13.4. The highest BCUT2D eigenvalue weighted by atomic mass is 35.5. The Morgan fingerprint density at radius 3 is 2.39 bits per heavy atom. The van der Waals surface area contributed by atoms with Crippen molar-refractivity contribution in [2.75, 3.05) is 20.1 Å². The second kappa shape index (κ2) is 9.38. The van der Waals surface area contributed by atoms with Gasteiger partial charge in [0.15, 0.2) is 0 Å². The van der Waals surface area contributed by atoms with E-state index in [2.05, 4.69) is 5.32 Å². The smallest absolute Gasteiger partial charge is 0.254 e. The molecule has 0 aromatic heterocycles. The zero-order valence-electron chi connectivity index (χ0n) is 17.8. The fourth-order valence-corrected chi connectivity index (χ4v) is 5.80. The first-order chi connectivity index (χ1) is 14.7. The van der Waals surface area contributed by atoms with Crippen molar-refractivity contribution >= 4 is 33.4 Å². The molecule has 1 N–H and O–H groups in total. The van der Waals surface area contributed by atoms with Crippen molar-refractivity contribution in [1.29, 1.82) is 0 Å². The fraction of sp³-hybridized carbons (Fsp3) is 0.364. The molecule has 2 amide bonds. The van der Waals surface area contributed by atoms with Gasteiger partial charge < -0.3 is 10.2 Å². The number of nitrogens with one attached hydrogen (secondary N) is 1. The highest BCUT2D eigenvalue weighted by Gasteiger charge is 2.35. The Labute approximate surface area is 188 Å². The van der Waals surface area contributed by atoms with Crippen LogP contribution in [0.4, 0.5) is 0 Å². The van der Waals surface area contributed by atoms with Crippen LogP contribution >= 0.6 is 11.6 Å². The first-order valence-corrected chi connectivity index (χ1v) is 11.9. The van der Waals surface area contributed by atoms with Crippen molar-refractivity contribution < 1.29 is 18.0 Å². The monoisotopic (exact) mass is 463 g/mol. The lowest BCUT2D eigenvalue weighted by Crippen LogP contribution is -2.52. The molecule has 31 heavy (non-hydrogen) atoms. The van der Waals surface area contributed by atoms with E-state index < -0.39 is 22.0 Å². The normalized spacial score (nSPS) is 16.2. The van der Waals surface area contributed by atoms with Gasteiger partial charge in [0.2, 0.25) is 15.9 Å². The van der Waals surface area contributed by atoms with Crippen LogP contribution in [0.15, 0.2) is 47.4 Å². The molecule has 1 aliphatic heterocycles. The van der Waals surface area contributed by atoms with Gasteiger partial charge in [0, 0.05) is 38.7 Å². The summed E-state index contributed by atoms with van der Waals surface area (Å²) in [6.07, 6.45) is 0.389. The molecule has 0 spiro atoms. The quantitative estimate of drug-likeness (QED) is 0.713. The number of carbonyl (C=O) groups excluding carboxylic acids is 2. The second-order valence-corrected chi connectivity index (χ2v) is 9.58. The van der Waals surface area contributed by atoms with Gasteiger partial charge in [-0.15, -0.1) is 0 Å². The van der Waals surface area contributed by atoms with Gasteiger partial charge in [0.05, 0.1) is 5.02 Å². The maximum Gasteiger partial charge on any atom is 0.254 e. The van der Waals surface area contributed by atoms with Crippen molar-refractivity contribution in [2.24, 2.45) is 0 Å². The number of sulfonamides is 1. The number of amides is 2. The highest BCUT2D eigenvalue weighted by Crippen LogP contribution is 2.29. The summed E-state index contributed by atoms with van der Waals surface area (Å²) in [4.78, 5) is 27.3. The van der Waals surface area contributed by atoms with Crippen LogP contribution < -0.4 is 5.32 Å². The number of carbonyl (C=O) groups is 2. The van der Waals surface area contributed by atoms with Crippen LogP contribution in [0.25, 0.3) is 0 Å². The minimum Gasteiger partial charge on any atom is -0.357 e. The number of fused-ring (bicyclic) bond motifs is 1. The van der Waals surface area contributed by atoms with E-state index in [1.54, 1.807) is 13.8 Å². The first kappa shape index (κ1) is 23.2. The number of benzene rings is 2. The van der Waals surface area contributed by atoms with Gasteiger partial charge in [-0.25, -0.2) is 8.42 Å². The largest absolute Gasteiger partial charge is 0.357 e. The van der Waals surface area contributed by atoms with E-state index in [0.717, 1.165) is 11.1 Å². The molecule has 1 aliphatic rings. The van der Waals surface area contributed by atoms with Crippen molar-refractivity contribution in [3.05, 3.63) is 64.2 Å². The second-order valence-electron chi connectivity index (χ2n) is 7.27. The number of likely N-dealkylation sites (N-methyl/N-ethyl adjacent to an activating group) is 1. The van der Waals surface area contributed by atoms with E-state index in [-0.39, 0.29) is 41.0 Å². The molecular weight excluding hydrogens is 438 g/mol. The lowest BCUT2D eigenvalue weighted by atomic mass is 9.93. The lowest BCUT2D eigenvalue weighted by Gasteiger charge is -2.36. The van der Waals surface area contributed by atoms with Gasteiger partial charge in [0.25, 0.3) is 5.91 Å². The summed E-state index contributed by atoms with van der Waals surface area (Å²) in [6, 6.07) is 11.2. The van der Waals surface area contributed by atoms with E-state index >= 15 is 0 Å². The third-order valence-corrected chi connectivity index (χ3v) is 8.09. The van der Waals surface area contributed by atoms with Crippen LogP contribution in [0.1, 0.15) is 35.3 Å². The molecule has 166 valence electrons.